The normalized spacial score (nSPS) is 12.3. The maximum atomic E-state index is 13.1. The van der Waals surface area contributed by atoms with Crippen LogP contribution >= 0.6 is 23.4 Å². The first-order valence-corrected chi connectivity index (χ1v) is 10.6. The van der Waals surface area contributed by atoms with Crippen molar-refractivity contribution in [2.45, 2.75) is 24.7 Å². The van der Waals surface area contributed by atoms with Crippen molar-refractivity contribution < 1.29 is 13.9 Å². The number of rotatable bonds is 8. The monoisotopic (exact) mass is 435 g/mol. The number of benzene rings is 2. The van der Waals surface area contributed by atoms with Crippen LogP contribution in [0.25, 0.3) is 11.0 Å². The molecule has 0 unspecified atom stereocenters. The molecule has 1 aromatic heterocycles. The molecule has 154 valence electrons. The number of hydrogen-bond donors (Lipinski definition) is 0. The first kappa shape index (κ1) is 21.6. The Balaban J connectivity index is 1.73. The molecule has 1 amide bonds. The van der Waals surface area contributed by atoms with Crippen LogP contribution < -0.4 is 0 Å². The lowest BCUT2D eigenvalue weighted by Crippen LogP contribution is -2.31. The van der Waals surface area contributed by atoms with E-state index < -0.39 is 0 Å². The van der Waals surface area contributed by atoms with E-state index in [1.807, 2.05) is 29.7 Å². The van der Waals surface area contributed by atoms with E-state index in [1.54, 1.807) is 31.2 Å². The van der Waals surface area contributed by atoms with Crippen LogP contribution in [0.4, 0.5) is 4.39 Å². The molecule has 0 saturated heterocycles. The summed E-state index contributed by atoms with van der Waals surface area (Å²) in [5.74, 6) is -0.0812. The Morgan fingerprint density at radius 1 is 1.31 bits per heavy atom. The smallest absolute Gasteiger partial charge is 0.233 e. The minimum atomic E-state index is -0.291. The van der Waals surface area contributed by atoms with Gasteiger partial charge >= 0.3 is 0 Å². The Hall–Kier alpha value is -2.09. The van der Waals surface area contributed by atoms with E-state index >= 15 is 0 Å². The SMILES string of the molecule is COCCn1c(SCC(=O)N(C)[C@@H](C)c2ccc(F)cc2)nc2cc(Cl)ccc21. The summed E-state index contributed by atoms with van der Waals surface area (Å²) in [5.41, 5.74) is 2.63. The van der Waals surface area contributed by atoms with Gasteiger partial charge in [0.25, 0.3) is 0 Å². The van der Waals surface area contributed by atoms with Crippen LogP contribution in [0, 0.1) is 5.82 Å². The molecule has 2 aromatic carbocycles. The number of imidazole rings is 1. The number of amides is 1. The Morgan fingerprint density at radius 3 is 2.72 bits per heavy atom. The van der Waals surface area contributed by atoms with Gasteiger partial charge in [-0.15, -0.1) is 0 Å². The average molecular weight is 436 g/mol. The molecule has 0 aliphatic rings. The summed E-state index contributed by atoms with van der Waals surface area (Å²) in [6, 6.07) is 11.6. The molecule has 8 heteroatoms. The molecule has 0 fully saturated rings. The molecule has 0 saturated carbocycles. The van der Waals surface area contributed by atoms with Crippen molar-refractivity contribution in [1.29, 1.82) is 0 Å². The molecule has 1 heterocycles. The summed E-state index contributed by atoms with van der Waals surface area (Å²) in [6.45, 7) is 3.09. The van der Waals surface area contributed by atoms with Gasteiger partial charge in [-0.05, 0) is 42.8 Å². The van der Waals surface area contributed by atoms with Crippen LogP contribution in [0.5, 0.6) is 0 Å². The average Bonchev–Trinajstić information content (AvgIpc) is 3.06. The maximum absolute atomic E-state index is 13.1. The highest BCUT2D eigenvalue weighted by Gasteiger charge is 2.19. The summed E-state index contributed by atoms with van der Waals surface area (Å²) < 4.78 is 20.4. The first-order valence-electron chi connectivity index (χ1n) is 9.19. The van der Waals surface area contributed by atoms with E-state index in [2.05, 4.69) is 4.98 Å². The van der Waals surface area contributed by atoms with Crippen molar-refractivity contribution in [2.75, 3.05) is 26.5 Å². The van der Waals surface area contributed by atoms with Crippen molar-refractivity contribution in [3.05, 3.63) is 58.9 Å². The Kier molecular flexibility index (Phi) is 7.16. The fourth-order valence-electron chi connectivity index (χ4n) is 3.00. The quantitative estimate of drug-likeness (QED) is 0.477. The number of methoxy groups -OCH3 is 1. The van der Waals surface area contributed by atoms with Gasteiger partial charge < -0.3 is 14.2 Å². The van der Waals surface area contributed by atoms with Gasteiger partial charge in [-0.3, -0.25) is 4.79 Å². The van der Waals surface area contributed by atoms with Crippen molar-refractivity contribution in [2.24, 2.45) is 0 Å². The zero-order valence-corrected chi connectivity index (χ0v) is 18.1. The maximum Gasteiger partial charge on any atom is 0.233 e. The Bertz CT molecular complexity index is 994. The standard InChI is InChI=1S/C21H23ClFN3O2S/c1-14(15-4-7-17(23)8-5-15)25(2)20(27)13-29-21-24-18-12-16(22)6-9-19(18)26(21)10-11-28-3/h4-9,12,14H,10-11,13H2,1-3H3/t14-/m0/s1. The van der Waals surface area contributed by atoms with Gasteiger partial charge in [0, 0.05) is 25.7 Å². The first-order chi connectivity index (χ1) is 13.9. The molecule has 0 radical (unpaired) electrons. The zero-order chi connectivity index (χ0) is 21.0. The third-order valence-electron chi connectivity index (χ3n) is 4.85. The molecule has 0 bridgehead atoms. The largest absolute Gasteiger partial charge is 0.383 e. The lowest BCUT2D eigenvalue weighted by atomic mass is 10.1. The van der Waals surface area contributed by atoms with Crippen LogP contribution in [0.15, 0.2) is 47.6 Å². The highest BCUT2D eigenvalue weighted by Crippen LogP contribution is 2.27. The highest BCUT2D eigenvalue weighted by atomic mass is 35.5. The van der Waals surface area contributed by atoms with Crippen LogP contribution in [-0.2, 0) is 16.1 Å². The number of thioether (sulfide) groups is 1. The molecule has 5 nitrogen and oxygen atoms in total. The number of aromatic nitrogens is 2. The summed E-state index contributed by atoms with van der Waals surface area (Å²) in [4.78, 5) is 19.1. The molecule has 1 atom stereocenters. The number of carbonyl (C=O) groups is 1. The van der Waals surface area contributed by atoms with Crippen LogP contribution in [-0.4, -0.2) is 46.9 Å². The molecular weight excluding hydrogens is 413 g/mol. The number of nitrogens with zero attached hydrogens (tertiary/aromatic N) is 3. The predicted molar refractivity (Wildman–Crippen MR) is 115 cm³/mol. The van der Waals surface area contributed by atoms with Gasteiger partial charge in [-0.2, -0.15) is 0 Å². The number of ether oxygens (including phenoxy) is 1. The number of fused-ring (bicyclic) bond motifs is 1. The van der Waals surface area contributed by atoms with Gasteiger partial charge in [0.1, 0.15) is 5.82 Å². The van der Waals surface area contributed by atoms with Gasteiger partial charge in [0.2, 0.25) is 5.91 Å². The highest BCUT2D eigenvalue weighted by molar-refractivity contribution is 7.99. The van der Waals surface area contributed by atoms with Gasteiger partial charge in [0.15, 0.2) is 5.16 Å². The van der Waals surface area contributed by atoms with Crippen LogP contribution in [0.2, 0.25) is 5.02 Å². The van der Waals surface area contributed by atoms with E-state index in [9.17, 15) is 9.18 Å². The van der Waals surface area contributed by atoms with E-state index in [0.29, 0.717) is 18.2 Å². The predicted octanol–water partition coefficient (Wildman–Crippen LogP) is 4.79. The molecule has 3 aromatic rings. The fraction of sp³-hybridized carbons (Fsp3) is 0.333. The van der Waals surface area contributed by atoms with E-state index in [-0.39, 0.29) is 23.5 Å². The lowest BCUT2D eigenvalue weighted by Gasteiger charge is -2.25. The van der Waals surface area contributed by atoms with Crippen LogP contribution in [0.1, 0.15) is 18.5 Å². The summed E-state index contributed by atoms with van der Waals surface area (Å²) in [5, 5.41) is 1.37. The zero-order valence-electron chi connectivity index (χ0n) is 16.6. The van der Waals surface area contributed by atoms with Gasteiger partial charge in [-0.1, -0.05) is 35.5 Å². The molecule has 3 rings (SSSR count). The Morgan fingerprint density at radius 2 is 2.03 bits per heavy atom. The van der Waals surface area contributed by atoms with Gasteiger partial charge in [-0.25, -0.2) is 9.37 Å². The summed E-state index contributed by atoms with van der Waals surface area (Å²) >= 11 is 7.47. The molecule has 0 N–H and O–H groups in total. The van der Waals surface area contributed by atoms with E-state index in [0.717, 1.165) is 21.8 Å². The molecule has 0 aliphatic carbocycles. The topological polar surface area (TPSA) is 47.4 Å². The van der Waals surface area contributed by atoms with Crippen molar-refractivity contribution in [1.82, 2.24) is 14.5 Å². The second kappa shape index (κ2) is 9.61. The summed E-state index contributed by atoms with van der Waals surface area (Å²) in [7, 11) is 3.41. The molecule has 0 aliphatic heterocycles. The third-order valence-corrected chi connectivity index (χ3v) is 6.04. The number of carbonyl (C=O) groups excluding carboxylic acids is 1. The second-order valence-electron chi connectivity index (χ2n) is 6.69. The minimum Gasteiger partial charge on any atom is -0.383 e. The lowest BCUT2D eigenvalue weighted by molar-refractivity contribution is -0.128. The fourth-order valence-corrected chi connectivity index (χ4v) is 4.13. The minimum absolute atomic E-state index is 0.0322. The number of hydrogen-bond acceptors (Lipinski definition) is 4. The van der Waals surface area contributed by atoms with Crippen LogP contribution in [0.3, 0.4) is 0 Å². The molecule has 0 spiro atoms. The number of halogens is 2. The molecular formula is C21H23ClFN3O2S. The summed E-state index contributed by atoms with van der Waals surface area (Å²) in [6.07, 6.45) is 0. The van der Waals surface area contributed by atoms with Crippen molar-refractivity contribution in [3.63, 3.8) is 0 Å². The third kappa shape index (κ3) is 5.10. The van der Waals surface area contributed by atoms with E-state index in [4.69, 9.17) is 16.3 Å². The van der Waals surface area contributed by atoms with Crippen molar-refractivity contribution in [3.8, 4) is 0 Å². The Labute approximate surface area is 178 Å². The van der Waals surface area contributed by atoms with Gasteiger partial charge in [0.05, 0.1) is 29.4 Å². The van der Waals surface area contributed by atoms with E-state index in [1.165, 1.54) is 23.9 Å². The van der Waals surface area contributed by atoms with Crippen molar-refractivity contribution >= 4 is 40.3 Å². The molecule has 29 heavy (non-hydrogen) atoms. The second-order valence-corrected chi connectivity index (χ2v) is 8.07.